The lowest BCUT2D eigenvalue weighted by atomic mass is 10.3. The highest BCUT2D eigenvalue weighted by atomic mass is 32.2. The summed E-state index contributed by atoms with van der Waals surface area (Å²) in [5.41, 5.74) is 0. The van der Waals surface area contributed by atoms with Crippen molar-refractivity contribution in [1.82, 2.24) is 15.1 Å². The first-order valence-electron chi connectivity index (χ1n) is 5.81. The Balaban J connectivity index is 1.76. The van der Waals surface area contributed by atoms with E-state index in [9.17, 15) is 9.00 Å². The van der Waals surface area contributed by atoms with E-state index in [2.05, 4.69) is 10.2 Å². The van der Waals surface area contributed by atoms with Gasteiger partial charge in [-0.15, -0.1) is 0 Å². The minimum Gasteiger partial charge on any atom is -0.340 e. The Morgan fingerprint density at radius 2 is 1.75 bits per heavy atom. The molecule has 0 aromatic heterocycles. The van der Waals surface area contributed by atoms with Gasteiger partial charge < -0.3 is 10.2 Å². The van der Waals surface area contributed by atoms with Crippen LogP contribution in [-0.2, 0) is 15.6 Å². The van der Waals surface area contributed by atoms with Crippen molar-refractivity contribution in [3.8, 4) is 0 Å². The van der Waals surface area contributed by atoms with Gasteiger partial charge in [-0.2, -0.15) is 0 Å². The third-order valence-electron chi connectivity index (χ3n) is 3.10. The molecule has 6 heteroatoms. The smallest absolute Gasteiger partial charge is 0.236 e. The van der Waals surface area contributed by atoms with Gasteiger partial charge in [0, 0.05) is 61.6 Å². The molecular weight excluding hydrogens is 226 g/mol. The van der Waals surface area contributed by atoms with E-state index in [1.165, 1.54) is 0 Å². The molecule has 0 aliphatic carbocycles. The molecule has 1 amide bonds. The van der Waals surface area contributed by atoms with Gasteiger partial charge in [-0.1, -0.05) is 0 Å². The second kappa shape index (κ2) is 5.75. The molecule has 2 saturated heterocycles. The molecule has 2 aliphatic rings. The van der Waals surface area contributed by atoms with Crippen LogP contribution in [0, 0.1) is 0 Å². The van der Waals surface area contributed by atoms with Gasteiger partial charge in [-0.25, -0.2) is 0 Å². The lowest BCUT2D eigenvalue weighted by molar-refractivity contribution is -0.132. The molecule has 1 N–H and O–H groups in total. The highest BCUT2D eigenvalue weighted by molar-refractivity contribution is 7.85. The molecule has 0 bridgehead atoms. The fraction of sp³-hybridized carbons (Fsp3) is 0.900. The van der Waals surface area contributed by atoms with Crippen LogP contribution >= 0.6 is 0 Å². The van der Waals surface area contributed by atoms with Crippen molar-refractivity contribution in [2.24, 2.45) is 0 Å². The van der Waals surface area contributed by atoms with Crippen LogP contribution in [0.25, 0.3) is 0 Å². The Hall–Kier alpha value is -0.460. The number of hydrogen-bond donors (Lipinski definition) is 1. The first kappa shape index (κ1) is 12.0. The van der Waals surface area contributed by atoms with Gasteiger partial charge in [0.25, 0.3) is 0 Å². The molecule has 2 aliphatic heterocycles. The van der Waals surface area contributed by atoms with Crippen molar-refractivity contribution in [1.29, 1.82) is 0 Å². The van der Waals surface area contributed by atoms with Gasteiger partial charge in [-0.3, -0.25) is 13.9 Å². The van der Waals surface area contributed by atoms with Crippen LogP contribution in [0.5, 0.6) is 0 Å². The molecule has 92 valence electrons. The van der Waals surface area contributed by atoms with E-state index in [1.807, 2.05) is 4.90 Å². The van der Waals surface area contributed by atoms with Gasteiger partial charge >= 0.3 is 0 Å². The molecule has 5 nitrogen and oxygen atoms in total. The Bertz CT molecular complexity index is 269. The molecule has 0 aromatic rings. The van der Waals surface area contributed by atoms with Crippen molar-refractivity contribution in [3.05, 3.63) is 0 Å². The number of nitrogens with zero attached hydrogens (tertiary/aromatic N) is 2. The summed E-state index contributed by atoms with van der Waals surface area (Å²) in [6.07, 6.45) is 0. The van der Waals surface area contributed by atoms with Crippen LogP contribution in [-0.4, -0.2) is 77.2 Å². The van der Waals surface area contributed by atoms with Crippen LogP contribution < -0.4 is 5.32 Å². The Morgan fingerprint density at radius 1 is 1.12 bits per heavy atom. The first-order valence-corrected chi connectivity index (χ1v) is 7.30. The number of amides is 1. The lowest BCUT2D eigenvalue weighted by Crippen LogP contribution is -2.50. The third-order valence-corrected chi connectivity index (χ3v) is 4.37. The van der Waals surface area contributed by atoms with Gasteiger partial charge in [0.05, 0.1) is 6.54 Å². The van der Waals surface area contributed by atoms with Crippen molar-refractivity contribution >= 4 is 16.7 Å². The van der Waals surface area contributed by atoms with Crippen molar-refractivity contribution in [2.75, 3.05) is 57.3 Å². The van der Waals surface area contributed by atoms with Crippen LogP contribution in [0.3, 0.4) is 0 Å². The Morgan fingerprint density at radius 3 is 2.38 bits per heavy atom. The Kier molecular flexibility index (Phi) is 4.31. The molecule has 0 radical (unpaired) electrons. The van der Waals surface area contributed by atoms with E-state index >= 15 is 0 Å². The number of carbonyl (C=O) groups is 1. The SMILES string of the molecule is O=C(CN1CCNCC1)N1CCS(=O)CC1. The van der Waals surface area contributed by atoms with E-state index in [4.69, 9.17) is 0 Å². The molecule has 2 heterocycles. The highest BCUT2D eigenvalue weighted by Gasteiger charge is 2.22. The summed E-state index contributed by atoms with van der Waals surface area (Å²) in [5, 5.41) is 3.27. The van der Waals surface area contributed by atoms with Crippen molar-refractivity contribution in [3.63, 3.8) is 0 Å². The maximum absolute atomic E-state index is 11.9. The summed E-state index contributed by atoms with van der Waals surface area (Å²) in [7, 11) is -0.702. The average molecular weight is 245 g/mol. The van der Waals surface area contributed by atoms with Crippen LogP contribution in [0.2, 0.25) is 0 Å². The molecule has 2 rings (SSSR count). The zero-order valence-corrected chi connectivity index (χ0v) is 10.3. The summed E-state index contributed by atoms with van der Waals surface area (Å²) in [6, 6.07) is 0. The molecule has 0 unspecified atom stereocenters. The standard InChI is InChI=1S/C10H19N3O2S/c14-10(9-12-3-1-11-2-4-12)13-5-7-16(15)8-6-13/h11H,1-9H2. The van der Waals surface area contributed by atoms with Gasteiger partial charge in [-0.05, 0) is 0 Å². The minimum atomic E-state index is -0.702. The van der Waals surface area contributed by atoms with Gasteiger partial charge in [0.1, 0.15) is 0 Å². The first-order chi connectivity index (χ1) is 7.75. The fourth-order valence-corrected chi connectivity index (χ4v) is 3.10. The second-order valence-electron chi connectivity index (χ2n) is 4.26. The van der Waals surface area contributed by atoms with E-state index in [0.29, 0.717) is 31.1 Å². The quantitative estimate of drug-likeness (QED) is 0.642. The molecule has 0 saturated carbocycles. The van der Waals surface area contributed by atoms with Gasteiger partial charge in [0.15, 0.2) is 0 Å². The lowest BCUT2D eigenvalue weighted by Gasteiger charge is -2.31. The topological polar surface area (TPSA) is 52.7 Å². The van der Waals surface area contributed by atoms with Crippen LogP contribution in [0.4, 0.5) is 0 Å². The summed E-state index contributed by atoms with van der Waals surface area (Å²) in [6.45, 7) is 5.69. The maximum Gasteiger partial charge on any atom is 0.236 e. The number of nitrogens with one attached hydrogen (secondary N) is 1. The number of hydrogen-bond acceptors (Lipinski definition) is 4. The summed E-state index contributed by atoms with van der Waals surface area (Å²) in [4.78, 5) is 16.0. The van der Waals surface area contributed by atoms with Crippen molar-refractivity contribution < 1.29 is 9.00 Å². The molecule has 0 aromatic carbocycles. The summed E-state index contributed by atoms with van der Waals surface area (Å²) >= 11 is 0. The van der Waals surface area contributed by atoms with E-state index in [1.54, 1.807) is 0 Å². The maximum atomic E-state index is 11.9. The fourth-order valence-electron chi connectivity index (χ4n) is 2.05. The van der Waals surface area contributed by atoms with Crippen LogP contribution in [0.15, 0.2) is 0 Å². The van der Waals surface area contributed by atoms with Crippen LogP contribution in [0.1, 0.15) is 0 Å². The number of carbonyl (C=O) groups excluding carboxylic acids is 1. The molecular formula is C10H19N3O2S. The third kappa shape index (κ3) is 3.26. The number of piperazine rings is 1. The zero-order valence-electron chi connectivity index (χ0n) is 9.48. The Labute approximate surface area is 98.6 Å². The molecule has 16 heavy (non-hydrogen) atoms. The van der Waals surface area contributed by atoms with E-state index in [0.717, 1.165) is 26.2 Å². The normalized spacial score (nSPS) is 24.6. The average Bonchev–Trinajstić information content (AvgIpc) is 2.31. The summed E-state index contributed by atoms with van der Waals surface area (Å²) in [5.74, 6) is 1.49. The van der Waals surface area contributed by atoms with E-state index in [-0.39, 0.29) is 5.91 Å². The molecule has 0 atom stereocenters. The largest absolute Gasteiger partial charge is 0.340 e. The molecule has 2 fully saturated rings. The minimum absolute atomic E-state index is 0.193. The zero-order chi connectivity index (χ0) is 11.4. The predicted octanol–water partition coefficient (Wildman–Crippen LogP) is -1.52. The van der Waals surface area contributed by atoms with Crippen molar-refractivity contribution in [2.45, 2.75) is 0 Å². The van der Waals surface area contributed by atoms with Gasteiger partial charge in [0.2, 0.25) is 5.91 Å². The molecule has 0 spiro atoms. The van der Waals surface area contributed by atoms with E-state index < -0.39 is 10.8 Å². The predicted molar refractivity (Wildman–Crippen MR) is 63.8 cm³/mol. The summed E-state index contributed by atoms with van der Waals surface area (Å²) < 4.78 is 11.2. The monoisotopic (exact) mass is 245 g/mol. The second-order valence-corrected chi connectivity index (χ2v) is 5.95. The number of rotatable bonds is 2. The highest BCUT2D eigenvalue weighted by Crippen LogP contribution is 2.02.